The molecule has 1 aromatic rings. The van der Waals surface area contributed by atoms with Gasteiger partial charge in [0, 0.05) is 5.56 Å². The summed E-state index contributed by atoms with van der Waals surface area (Å²) in [5, 5.41) is 19.9. The van der Waals surface area contributed by atoms with Crippen LogP contribution in [0, 0.1) is 0 Å². The number of alkyl halides is 3. The number of aliphatic hydroxyl groups is 1. The molecule has 1 aromatic carbocycles. The van der Waals surface area contributed by atoms with Gasteiger partial charge in [0.1, 0.15) is 12.1 Å². The zero-order chi connectivity index (χ0) is 16.0. The monoisotopic (exact) mass is 305 g/mol. The summed E-state index contributed by atoms with van der Waals surface area (Å²) in [6, 6.07) is 6.17. The first-order valence-corrected chi connectivity index (χ1v) is 6.05. The van der Waals surface area contributed by atoms with E-state index in [1.165, 1.54) is 12.1 Å². The molecule has 0 unspecified atom stereocenters. The summed E-state index contributed by atoms with van der Waals surface area (Å²) in [4.78, 5) is 22.7. The van der Waals surface area contributed by atoms with Crippen molar-refractivity contribution in [2.45, 2.75) is 31.2 Å². The molecule has 1 amide bonds. The van der Waals surface area contributed by atoms with Crippen LogP contribution in [0.4, 0.5) is 13.2 Å². The highest BCUT2D eigenvalue weighted by Gasteiger charge is 2.38. The molecule has 3 N–H and O–H groups in total. The van der Waals surface area contributed by atoms with E-state index in [2.05, 4.69) is 5.32 Å². The largest absolute Gasteiger partial charge is 0.480 e. The maximum atomic E-state index is 12.1. The number of benzene rings is 1. The van der Waals surface area contributed by atoms with E-state index in [1.54, 1.807) is 18.2 Å². The van der Waals surface area contributed by atoms with Gasteiger partial charge >= 0.3 is 12.1 Å². The molecule has 0 spiro atoms. The molecule has 21 heavy (non-hydrogen) atoms. The summed E-state index contributed by atoms with van der Waals surface area (Å²) in [6.45, 7) is 0. The SMILES string of the molecule is O=C(N[C@@H](CC[C@@H](O)C(F)(F)F)C(=O)O)c1ccccc1. The first kappa shape index (κ1) is 17.0. The lowest BCUT2D eigenvalue weighted by atomic mass is 10.1. The summed E-state index contributed by atoms with van der Waals surface area (Å²) in [6.07, 6.45) is -8.77. The number of aliphatic carboxylic acids is 1. The van der Waals surface area contributed by atoms with E-state index in [4.69, 9.17) is 10.2 Å². The predicted octanol–water partition coefficient (Wildman–Crippen LogP) is 1.57. The van der Waals surface area contributed by atoms with Gasteiger partial charge in [-0.25, -0.2) is 4.79 Å². The fraction of sp³-hybridized carbons (Fsp3) is 0.385. The van der Waals surface area contributed by atoms with Gasteiger partial charge in [0.15, 0.2) is 0 Å². The van der Waals surface area contributed by atoms with Crippen molar-refractivity contribution in [3.05, 3.63) is 35.9 Å². The highest BCUT2D eigenvalue weighted by molar-refractivity contribution is 5.96. The average Bonchev–Trinajstić information content (AvgIpc) is 2.42. The Bertz CT molecular complexity index is 490. The Hall–Kier alpha value is -2.09. The molecule has 0 aliphatic rings. The third-order valence-electron chi connectivity index (χ3n) is 2.75. The summed E-state index contributed by atoms with van der Waals surface area (Å²) < 4.78 is 36.4. The van der Waals surface area contributed by atoms with Crippen LogP contribution in [0.15, 0.2) is 30.3 Å². The first-order chi connectivity index (χ1) is 9.71. The first-order valence-electron chi connectivity index (χ1n) is 6.05. The topological polar surface area (TPSA) is 86.6 Å². The maximum absolute atomic E-state index is 12.1. The van der Waals surface area contributed by atoms with Gasteiger partial charge in [-0.3, -0.25) is 4.79 Å². The molecule has 0 aromatic heterocycles. The number of amides is 1. The van der Waals surface area contributed by atoms with Crippen LogP contribution in [0.25, 0.3) is 0 Å². The molecule has 0 heterocycles. The van der Waals surface area contributed by atoms with E-state index >= 15 is 0 Å². The van der Waals surface area contributed by atoms with E-state index in [-0.39, 0.29) is 5.56 Å². The van der Waals surface area contributed by atoms with Gasteiger partial charge in [-0.15, -0.1) is 0 Å². The minimum atomic E-state index is -4.81. The molecule has 2 atom stereocenters. The quantitative estimate of drug-likeness (QED) is 0.744. The zero-order valence-corrected chi connectivity index (χ0v) is 10.8. The maximum Gasteiger partial charge on any atom is 0.414 e. The Labute approximate surface area is 118 Å². The van der Waals surface area contributed by atoms with E-state index in [9.17, 15) is 22.8 Å². The zero-order valence-electron chi connectivity index (χ0n) is 10.8. The summed E-state index contributed by atoms with van der Waals surface area (Å²) in [7, 11) is 0. The standard InChI is InChI=1S/C13H14F3NO4/c14-13(15,16)10(18)7-6-9(12(20)21)17-11(19)8-4-2-1-3-5-8/h1-5,9-10,18H,6-7H2,(H,17,19)(H,20,21)/t9-,10+/m0/s1. The third-order valence-corrected chi connectivity index (χ3v) is 2.75. The number of carboxylic acids is 1. The fourth-order valence-electron chi connectivity index (χ4n) is 1.58. The predicted molar refractivity (Wildman–Crippen MR) is 66.6 cm³/mol. The number of carbonyl (C=O) groups excluding carboxylic acids is 1. The summed E-state index contributed by atoms with van der Waals surface area (Å²) >= 11 is 0. The van der Waals surface area contributed by atoms with E-state index < -0.39 is 43.0 Å². The third kappa shape index (κ3) is 5.42. The second kappa shape index (κ2) is 7.07. The molecule has 0 saturated heterocycles. The molecular formula is C13H14F3NO4. The molecule has 0 aliphatic carbocycles. The van der Waals surface area contributed by atoms with E-state index in [0.29, 0.717) is 0 Å². The molecule has 0 saturated carbocycles. The van der Waals surface area contributed by atoms with Crippen molar-refractivity contribution in [2.75, 3.05) is 0 Å². The van der Waals surface area contributed by atoms with Gasteiger partial charge in [-0.05, 0) is 25.0 Å². The molecular weight excluding hydrogens is 291 g/mol. The summed E-state index contributed by atoms with van der Waals surface area (Å²) in [5.74, 6) is -2.17. The van der Waals surface area contributed by atoms with Crippen LogP contribution in [-0.4, -0.2) is 40.4 Å². The lowest BCUT2D eigenvalue weighted by Gasteiger charge is -2.18. The van der Waals surface area contributed by atoms with Crippen molar-refractivity contribution in [1.82, 2.24) is 5.32 Å². The number of carbonyl (C=O) groups is 2. The van der Waals surface area contributed by atoms with Crippen LogP contribution in [-0.2, 0) is 4.79 Å². The summed E-state index contributed by atoms with van der Waals surface area (Å²) in [5.41, 5.74) is 0.195. The van der Waals surface area contributed by atoms with Gasteiger partial charge in [0.25, 0.3) is 5.91 Å². The lowest BCUT2D eigenvalue weighted by molar-refractivity contribution is -0.206. The molecule has 5 nitrogen and oxygen atoms in total. The Morgan fingerprint density at radius 2 is 1.71 bits per heavy atom. The number of halogens is 3. The number of hydrogen-bond acceptors (Lipinski definition) is 3. The van der Waals surface area contributed by atoms with Crippen molar-refractivity contribution in [1.29, 1.82) is 0 Å². The average molecular weight is 305 g/mol. The van der Waals surface area contributed by atoms with Gasteiger partial charge in [0.2, 0.25) is 0 Å². The van der Waals surface area contributed by atoms with Gasteiger partial charge in [0.05, 0.1) is 0 Å². The van der Waals surface area contributed by atoms with Gasteiger partial charge in [-0.2, -0.15) is 13.2 Å². The Kier molecular flexibility index (Phi) is 5.71. The molecule has 0 aliphatic heterocycles. The number of aliphatic hydroxyl groups excluding tert-OH is 1. The minimum Gasteiger partial charge on any atom is -0.480 e. The van der Waals surface area contributed by atoms with Crippen molar-refractivity contribution in [3.8, 4) is 0 Å². The van der Waals surface area contributed by atoms with Crippen LogP contribution in [0.1, 0.15) is 23.2 Å². The van der Waals surface area contributed by atoms with Crippen molar-refractivity contribution in [2.24, 2.45) is 0 Å². The Morgan fingerprint density at radius 3 is 2.19 bits per heavy atom. The van der Waals surface area contributed by atoms with Crippen molar-refractivity contribution >= 4 is 11.9 Å². The van der Waals surface area contributed by atoms with Crippen molar-refractivity contribution < 1.29 is 33.0 Å². The second-order valence-corrected chi connectivity index (χ2v) is 4.37. The fourth-order valence-corrected chi connectivity index (χ4v) is 1.58. The van der Waals surface area contributed by atoms with Crippen LogP contribution in [0.5, 0.6) is 0 Å². The Morgan fingerprint density at radius 1 is 1.14 bits per heavy atom. The van der Waals surface area contributed by atoms with E-state index in [0.717, 1.165) is 0 Å². The molecule has 0 bridgehead atoms. The van der Waals surface area contributed by atoms with Crippen LogP contribution >= 0.6 is 0 Å². The molecule has 116 valence electrons. The van der Waals surface area contributed by atoms with Crippen LogP contribution in [0.2, 0.25) is 0 Å². The Balaban J connectivity index is 2.63. The van der Waals surface area contributed by atoms with Gasteiger partial charge in [-0.1, -0.05) is 18.2 Å². The number of nitrogens with one attached hydrogen (secondary N) is 1. The normalized spacial score (nSPS) is 14.3. The molecule has 8 heteroatoms. The number of rotatable bonds is 6. The van der Waals surface area contributed by atoms with Crippen LogP contribution < -0.4 is 5.32 Å². The smallest absolute Gasteiger partial charge is 0.414 e. The highest BCUT2D eigenvalue weighted by Crippen LogP contribution is 2.23. The lowest BCUT2D eigenvalue weighted by Crippen LogP contribution is -2.42. The molecule has 1 rings (SSSR count). The molecule has 0 fully saturated rings. The second-order valence-electron chi connectivity index (χ2n) is 4.37. The van der Waals surface area contributed by atoms with Crippen molar-refractivity contribution in [3.63, 3.8) is 0 Å². The molecule has 0 radical (unpaired) electrons. The number of carboxylic acid groups (broad SMARTS) is 1. The highest BCUT2D eigenvalue weighted by atomic mass is 19.4. The van der Waals surface area contributed by atoms with Gasteiger partial charge < -0.3 is 15.5 Å². The van der Waals surface area contributed by atoms with E-state index in [1.807, 2.05) is 0 Å². The number of hydrogen-bond donors (Lipinski definition) is 3. The minimum absolute atomic E-state index is 0.195. The van der Waals surface area contributed by atoms with Crippen LogP contribution in [0.3, 0.4) is 0 Å².